The van der Waals surface area contributed by atoms with Crippen molar-refractivity contribution in [1.82, 2.24) is 14.9 Å². The molecule has 1 heterocycles. The zero-order chi connectivity index (χ0) is 12.9. The van der Waals surface area contributed by atoms with Gasteiger partial charge in [-0.15, -0.1) is 0 Å². The van der Waals surface area contributed by atoms with E-state index in [4.69, 9.17) is 0 Å². The van der Waals surface area contributed by atoms with Gasteiger partial charge in [0, 0.05) is 20.1 Å². The smallest absolute Gasteiger partial charge is 0.144 e. The van der Waals surface area contributed by atoms with Crippen molar-refractivity contribution in [3.05, 3.63) is 18.1 Å². The Morgan fingerprint density at radius 3 is 2.47 bits per heavy atom. The average molecular weight is 238 g/mol. The number of aliphatic hydroxyl groups is 1. The van der Waals surface area contributed by atoms with Crippen LogP contribution in [0.25, 0.3) is 0 Å². The van der Waals surface area contributed by atoms with Crippen molar-refractivity contribution >= 4 is 5.82 Å². The van der Waals surface area contributed by atoms with Gasteiger partial charge in [-0.2, -0.15) is 0 Å². The summed E-state index contributed by atoms with van der Waals surface area (Å²) in [6.07, 6.45) is 3.48. The summed E-state index contributed by atoms with van der Waals surface area (Å²) in [4.78, 5) is 10.7. The summed E-state index contributed by atoms with van der Waals surface area (Å²) >= 11 is 0. The lowest BCUT2D eigenvalue weighted by atomic mass is 10.1. The fraction of sp³-hybridized carbons (Fsp3) is 0.667. The number of hydrogen-bond acceptors (Lipinski definition) is 5. The molecule has 0 spiro atoms. The van der Waals surface area contributed by atoms with Crippen LogP contribution in [0.4, 0.5) is 5.82 Å². The maximum Gasteiger partial charge on any atom is 0.144 e. The van der Waals surface area contributed by atoms with E-state index in [0.29, 0.717) is 13.1 Å². The summed E-state index contributed by atoms with van der Waals surface area (Å²) < 4.78 is 0. The first kappa shape index (κ1) is 13.9. The van der Waals surface area contributed by atoms with E-state index < -0.39 is 5.60 Å². The molecule has 1 aromatic rings. The first-order valence-electron chi connectivity index (χ1n) is 5.88. The van der Waals surface area contributed by atoms with Crippen molar-refractivity contribution in [3.8, 4) is 0 Å². The number of anilines is 1. The van der Waals surface area contributed by atoms with E-state index in [2.05, 4.69) is 27.1 Å². The van der Waals surface area contributed by atoms with Gasteiger partial charge in [-0.3, -0.25) is 9.88 Å². The van der Waals surface area contributed by atoms with Crippen LogP contribution < -0.4 is 5.32 Å². The molecule has 0 unspecified atom stereocenters. The average Bonchev–Trinajstić information content (AvgIpc) is 2.27. The van der Waals surface area contributed by atoms with E-state index in [1.165, 1.54) is 0 Å². The van der Waals surface area contributed by atoms with E-state index in [0.717, 1.165) is 18.1 Å². The Morgan fingerprint density at radius 1 is 1.35 bits per heavy atom. The highest BCUT2D eigenvalue weighted by molar-refractivity contribution is 5.29. The molecule has 5 heteroatoms. The minimum Gasteiger partial charge on any atom is -0.389 e. The first-order valence-corrected chi connectivity index (χ1v) is 5.88. The second-order valence-electron chi connectivity index (χ2n) is 4.76. The van der Waals surface area contributed by atoms with Crippen molar-refractivity contribution in [3.63, 3.8) is 0 Å². The Labute approximate surface area is 103 Å². The van der Waals surface area contributed by atoms with E-state index in [-0.39, 0.29) is 0 Å². The predicted molar refractivity (Wildman–Crippen MR) is 68.8 cm³/mol. The molecular weight excluding hydrogens is 216 g/mol. The quantitative estimate of drug-likeness (QED) is 0.777. The number of hydrogen-bond donors (Lipinski definition) is 2. The SMILES string of the molecule is CCN(Cc1cnc(NC)cn1)CC(C)(C)O. The molecule has 0 aliphatic rings. The fourth-order valence-corrected chi connectivity index (χ4v) is 1.62. The lowest BCUT2D eigenvalue weighted by Crippen LogP contribution is -2.38. The molecule has 0 amide bonds. The van der Waals surface area contributed by atoms with Gasteiger partial charge >= 0.3 is 0 Å². The normalized spacial score (nSPS) is 11.9. The standard InChI is InChI=1S/C12H22N4O/c1-5-16(9-12(2,3)17)8-10-6-15-11(13-4)7-14-10/h6-7,17H,5,8-9H2,1-4H3,(H,13,15). The van der Waals surface area contributed by atoms with Crippen LogP contribution in [0.1, 0.15) is 26.5 Å². The highest BCUT2D eigenvalue weighted by atomic mass is 16.3. The summed E-state index contributed by atoms with van der Waals surface area (Å²) in [6, 6.07) is 0. The molecular formula is C12H22N4O. The van der Waals surface area contributed by atoms with Gasteiger partial charge in [0.25, 0.3) is 0 Å². The fourth-order valence-electron chi connectivity index (χ4n) is 1.62. The van der Waals surface area contributed by atoms with Gasteiger partial charge in [0.2, 0.25) is 0 Å². The van der Waals surface area contributed by atoms with Crippen molar-refractivity contribution in [2.24, 2.45) is 0 Å². The van der Waals surface area contributed by atoms with Gasteiger partial charge in [0.05, 0.1) is 23.7 Å². The highest BCUT2D eigenvalue weighted by Crippen LogP contribution is 2.08. The topological polar surface area (TPSA) is 61.3 Å². The molecule has 1 rings (SSSR count). The second-order valence-corrected chi connectivity index (χ2v) is 4.76. The number of likely N-dealkylation sites (N-methyl/N-ethyl adjacent to an activating group) is 1. The third-order valence-electron chi connectivity index (χ3n) is 2.40. The molecule has 0 aromatic carbocycles. The molecule has 1 aromatic heterocycles. The predicted octanol–water partition coefficient (Wildman–Crippen LogP) is 1.11. The van der Waals surface area contributed by atoms with Crippen LogP contribution in [-0.4, -0.2) is 45.7 Å². The lowest BCUT2D eigenvalue weighted by molar-refractivity contribution is 0.0349. The van der Waals surface area contributed by atoms with Crippen molar-refractivity contribution < 1.29 is 5.11 Å². The summed E-state index contributed by atoms with van der Waals surface area (Å²) in [5, 5.41) is 12.7. The van der Waals surface area contributed by atoms with Crippen LogP contribution in [0.5, 0.6) is 0 Å². The zero-order valence-electron chi connectivity index (χ0n) is 11.1. The minimum absolute atomic E-state index is 0.624. The van der Waals surface area contributed by atoms with Gasteiger partial charge < -0.3 is 10.4 Å². The molecule has 96 valence electrons. The molecule has 0 bridgehead atoms. The summed E-state index contributed by atoms with van der Waals surface area (Å²) in [5.41, 5.74) is 0.226. The molecule has 0 saturated carbocycles. The maximum atomic E-state index is 9.79. The molecule has 0 aliphatic carbocycles. The Hall–Kier alpha value is -1.20. The Bertz CT molecular complexity index is 331. The number of nitrogens with one attached hydrogen (secondary N) is 1. The Morgan fingerprint density at radius 2 is 2.06 bits per heavy atom. The largest absolute Gasteiger partial charge is 0.389 e. The second kappa shape index (κ2) is 5.93. The summed E-state index contributed by atoms with van der Waals surface area (Å²) in [7, 11) is 1.82. The van der Waals surface area contributed by atoms with Crippen LogP contribution in [-0.2, 0) is 6.54 Å². The third kappa shape index (κ3) is 5.10. The van der Waals surface area contributed by atoms with E-state index in [9.17, 15) is 5.11 Å². The Balaban J connectivity index is 2.61. The van der Waals surface area contributed by atoms with Crippen molar-refractivity contribution in [2.75, 3.05) is 25.5 Å². The van der Waals surface area contributed by atoms with Crippen LogP contribution >= 0.6 is 0 Å². The molecule has 0 radical (unpaired) electrons. The van der Waals surface area contributed by atoms with Crippen molar-refractivity contribution in [1.29, 1.82) is 0 Å². The molecule has 0 atom stereocenters. The third-order valence-corrected chi connectivity index (χ3v) is 2.40. The summed E-state index contributed by atoms with van der Waals surface area (Å²) in [6.45, 7) is 7.90. The van der Waals surface area contributed by atoms with Gasteiger partial charge in [0.1, 0.15) is 5.82 Å². The molecule has 2 N–H and O–H groups in total. The van der Waals surface area contributed by atoms with E-state index in [1.807, 2.05) is 20.9 Å². The van der Waals surface area contributed by atoms with Gasteiger partial charge in [-0.1, -0.05) is 6.92 Å². The molecule has 0 fully saturated rings. The van der Waals surface area contributed by atoms with Gasteiger partial charge in [0.15, 0.2) is 0 Å². The monoisotopic (exact) mass is 238 g/mol. The van der Waals surface area contributed by atoms with Crippen LogP contribution in [0.15, 0.2) is 12.4 Å². The van der Waals surface area contributed by atoms with E-state index in [1.54, 1.807) is 12.4 Å². The minimum atomic E-state index is -0.686. The van der Waals surface area contributed by atoms with E-state index >= 15 is 0 Å². The Kier molecular flexibility index (Phi) is 4.84. The van der Waals surface area contributed by atoms with Gasteiger partial charge in [-0.25, -0.2) is 4.98 Å². The molecule has 17 heavy (non-hydrogen) atoms. The number of rotatable bonds is 6. The van der Waals surface area contributed by atoms with Gasteiger partial charge in [-0.05, 0) is 20.4 Å². The first-order chi connectivity index (χ1) is 7.94. The van der Waals surface area contributed by atoms with Crippen LogP contribution in [0.3, 0.4) is 0 Å². The lowest BCUT2D eigenvalue weighted by Gasteiger charge is -2.27. The van der Waals surface area contributed by atoms with Crippen molar-refractivity contribution in [2.45, 2.75) is 32.9 Å². The zero-order valence-corrected chi connectivity index (χ0v) is 11.1. The summed E-state index contributed by atoms with van der Waals surface area (Å²) in [5.74, 6) is 0.763. The molecule has 0 aliphatic heterocycles. The maximum absolute atomic E-state index is 9.79. The highest BCUT2D eigenvalue weighted by Gasteiger charge is 2.17. The molecule has 5 nitrogen and oxygen atoms in total. The number of aromatic nitrogens is 2. The van der Waals surface area contributed by atoms with Crippen LogP contribution in [0.2, 0.25) is 0 Å². The molecule has 0 saturated heterocycles. The number of nitrogens with zero attached hydrogens (tertiary/aromatic N) is 3. The van der Waals surface area contributed by atoms with Crippen LogP contribution in [0, 0.1) is 0 Å².